The third-order valence-corrected chi connectivity index (χ3v) is 5.38. The van der Waals surface area contributed by atoms with Crippen LogP contribution in [-0.2, 0) is 10.2 Å². The number of aryl methyl sites for hydroxylation is 1. The Morgan fingerprint density at radius 1 is 1.42 bits per heavy atom. The van der Waals surface area contributed by atoms with E-state index in [1.807, 2.05) is 19.1 Å². The van der Waals surface area contributed by atoms with Gasteiger partial charge in [-0.2, -0.15) is 12.7 Å². The molecule has 1 aromatic rings. The molecule has 1 saturated heterocycles. The molecule has 0 aliphatic carbocycles. The number of rotatable bonds is 3. The SMILES string of the molecule is Cc1ccc(Br)cc1NS(=O)(=O)N1CCCC(C)C1. The van der Waals surface area contributed by atoms with Crippen LogP contribution >= 0.6 is 15.9 Å². The van der Waals surface area contributed by atoms with E-state index >= 15 is 0 Å². The molecule has 0 radical (unpaired) electrons. The van der Waals surface area contributed by atoms with E-state index in [1.54, 1.807) is 10.4 Å². The highest BCUT2D eigenvalue weighted by atomic mass is 79.9. The van der Waals surface area contributed by atoms with Gasteiger partial charge < -0.3 is 0 Å². The lowest BCUT2D eigenvalue weighted by atomic mass is 10.0. The summed E-state index contributed by atoms with van der Waals surface area (Å²) < 4.78 is 29.8. The normalized spacial score (nSPS) is 21.3. The molecule has 19 heavy (non-hydrogen) atoms. The molecule has 0 spiro atoms. The van der Waals surface area contributed by atoms with Crippen molar-refractivity contribution >= 4 is 31.8 Å². The van der Waals surface area contributed by atoms with E-state index in [-0.39, 0.29) is 0 Å². The first-order valence-electron chi connectivity index (χ1n) is 6.42. The second-order valence-corrected chi connectivity index (χ2v) is 7.76. The zero-order valence-corrected chi connectivity index (χ0v) is 13.6. The van der Waals surface area contributed by atoms with Gasteiger partial charge in [-0.15, -0.1) is 0 Å². The molecule has 106 valence electrons. The molecule has 0 bridgehead atoms. The van der Waals surface area contributed by atoms with Crippen LogP contribution in [0.3, 0.4) is 0 Å². The molecular weight excluding hydrogens is 328 g/mol. The Labute approximate surface area is 123 Å². The minimum atomic E-state index is -3.45. The highest BCUT2D eigenvalue weighted by molar-refractivity contribution is 9.10. The summed E-state index contributed by atoms with van der Waals surface area (Å²) in [5.41, 5.74) is 1.55. The molecule has 1 heterocycles. The molecule has 1 N–H and O–H groups in total. The Balaban J connectivity index is 2.18. The van der Waals surface area contributed by atoms with Crippen LogP contribution in [0.1, 0.15) is 25.3 Å². The van der Waals surface area contributed by atoms with Crippen LogP contribution in [0.4, 0.5) is 5.69 Å². The molecule has 0 saturated carbocycles. The van der Waals surface area contributed by atoms with Crippen molar-refractivity contribution in [3.8, 4) is 0 Å². The highest BCUT2D eigenvalue weighted by Crippen LogP contribution is 2.24. The van der Waals surface area contributed by atoms with E-state index in [2.05, 4.69) is 27.6 Å². The maximum absolute atomic E-state index is 12.4. The maximum atomic E-state index is 12.4. The molecular formula is C13H19BrN2O2S. The Morgan fingerprint density at radius 3 is 2.84 bits per heavy atom. The number of benzene rings is 1. The summed E-state index contributed by atoms with van der Waals surface area (Å²) >= 11 is 3.36. The lowest BCUT2D eigenvalue weighted by Crippen LogP contribution is -2.42. The second kappa shape index (κ2) is 5.81. The van der Waals surface area contributed by atoms with Crippen LogP contribution < -0.4 is 4.72 Å². The van der Waals surface area contributed by atoms with Crippen molar-refractivity contribution in [2.45, 2.75) is 26.7 Å². The van der Waals surface area contributed by atoms with Crippen molar-refractivity contribution in [3.63, 3.8) is 0 Å². The monoisotopic (exact) mass is 346 g/mol. The fourth-order valence-corrected chi connectivity index (χ4v) is 4.08. The van der Waals surface area contributed by atoms with Crippen LogP contribution in [-0.4, -0.2) is 25.8 Å². The van der Waals surface area contributed by atoms with Gasteiger partial charge in [0.1, 0.15) is 0 Å². The Kier molecular flexibility index (Phi) is 4.53. The highest BCUT2D eigenvalue weighted by Gasteiger charge is 2.27. The van der Waals surface area contributed by atoms with Crippen molar-refractivity contribution in [1.29, 1.82) is 0 Å². The molecule has 1 aliphatic rings. The van der Waals surface area contributed by atoms with Gasteiger partial charge >= 0.3 is 10.2 Å². The lowest BCUT2D eigenvalue weighted by Gasteiger charge is -2.30. The van der Waals surface area contributed by atoms with Crippen LogP contribution in [0.25, 0.3) is 0 Å². The van der Waals surface area contributed by atoms with Crippen molar-refractivity contribution in [3.05, 3.63) is 28.2 Å². The van der Waals surface area contributed by atoms with E-state index in [0.29, 0.717) is 24.7 Å². The van der Waals surface area contributed by atoms with Gasteiger partial charge in [-0.3, -0.25) is 4.72 Å². The Bertz CT molecular complexity index is 560. The molecule has 1 aliphatic heterocycles. The summed E-state index contributed by atoms with van der Waals surface area (Å²) in [5, 5.41) is 0. The molecule has 1 fully saturated rings. The molecule has 6 heteroatoms. The first-order chi connectivity index (χ1) is 8.88. The van der Waals surface area contributed by atoms with Crippen molar-refractivity contribution < 1.29 is 8.42 Å². The number of nitrogens with one attached hydrogen (secondary N) is 1. The predicted molar refractivity (Wildman–Crippen MR) is 81.4 cm³/mol. The van der Waals surface area contributed by atoms with Crippen LogP contribution in [0.15, 0.2) is 22.7 Å². The molecule has 1 atom stereocenters. The van der Waals surface area contributed by atoms with Gasteiger partial charge in [-0.25, -0.2) is 0 Å². The van der Waals surface area contributed by atoms with Crippen LogP contribution in [0.5, 0.6) is 0 Å². The van der Waals surface area contributed by atoms with E-state index in [9.17, 15) is 8.42 Å². The number of halogens is 1. The number of hydrogen-bond acceptors (Lipinski definition) is 2. The topological polar surface area (TPSA) is 49.4 Å². The number of anilines is 1. The fourth-order valence-electron chi connectivity index (χ4n) is 2.27. The quantitative estimate of drug-likeness (QED) is 0.913. The van der Waals surface area contributed by atoms with Crippen molar-refractivity contribution in [1.82, 2.24) is 4.31 Å². The summed E-state index contributed by atoms with van der Waals surface area (Å²) in [6.07, 6.45) is 2.03. The van der Waals surface area contributed by atoms with E-state index in [4.69, 9.17) is 0 Å². The minimum Gasteiger partial charge on any atom is -0.271 e. The van der Waals surface area contributed by atoms with Gasteiger partial charge in [-0.05, 0) is 43.4 Å². The largest absolute Gasteiger partial charge is 0.301 e. The van der Waals surface area contributed by atoms with Gasteiger partial charge in [0, 0.05) is 17.6 Å². The molecule has 1 aromatic carbocycles. The summed E-state index contributed by atoms with van der Waals surface area (Å²) in [6, 6.07) is 5.58. The first-order valence-corrected chi connectivity index (χ1v) is 8.66. The number of hydrogen-bond donors (Lipinski definition) is 1. The number of nitrogens with zero attached hydrogens (tertiary/aromatic N) is 1. The van der Waals surface area contributed by atoms with E-state index < -0.39 is 10.2 Å². The van der Waals surface area contributed by atoms with Gasteiger partial charge in [-0.1, -0.05) is 28.9 Å². The second-order valence-electron chi connectivity index (χ2n) is 5.17. The standard InChI is InChI=1S/C13H19BrN2O2S/c1-10-4-3-7-16(9-10)19(17,18)15-13-8-12(14)6-5-11(13)2/h5-6,8,10,15H,3-4,7,9H2,1-2H3. The third-order valence-electron chi connectivity index (χ3n) is 3.40. The Hall–Kier alpha value is -0.590. The molecule has 0 amide bonds. The summed E-state index contributed by atoms with van der Waals surface area (Å²) in [5.74, 6) is 0.425. The summed E-state index contributed by atoms with van der Waals surface area (Å²) in [6.45, 7) is 5.18. The maximum Gasteiger partial charge on any atom is 0.301 e. The minimum absolute atomic E-state index is 0.425. The predicted octanol–water partition coefficient (Wildman–Crippen LogP) is 3.15. The van der Waals surface area contributed by atoms with Gasteiger partial charge in [0.15, 0.2) is 0 Å². The lowest BCUT2D eigenvalue weighted by molar-refractivity contribution is 0.282. The molecule has 4 nitrogen and oxygen atoms in total. The van der Waals surface area contributed by atoms with Crippen molar-refractivity contribution in [2.75, 3.05) is 17.8 Å². The average Bonchev–Trinajstić information content (AvgIpc) is 2.33. The summed E-state index contributed by atoms with van der Waals surface area (Å²) in [4.78, 5) is 0. The summed E-state index contributed by atoms with van der Waals surface area (Å²) in [7, 11) is -3.45. The molecule has 1 unspecified atom stereocenters. The first kappa shape index (κ1) is 14.8. The van der Waals surface area contributed by atoms with Crippen LogP contribution in [0.2, 0.25) is 0 Å². The van der Waals surface area contributed by atoms with E-state index in [1.165, 1.54) is 0 Å². The van der Waals surface area contributed by atoms with E-state index in [0.717, 1.165) is 22.9 Å². The van der Waals surface area contributed by atoms with Gasteiger partial charge in [0.2, 0.25) is 0 Å². The van der Waals surface area contributed by atoms with Crippen LogP contribution in [0, 0.1) is 12.8 Å². The zero-order valence-electron chi connectivity index (χ0n) is 11.2. The van der Waals surface area contributed by atoms with Gasteiger partial charge in [0.05, 0.1) is 5.69 Å². The Morgan fingerprint density at radius 2 is 2.16 bits per heavy atom. The third kappa shape index (κ3) is 3.70. The smallest absolute Gasteiger partial charge is 0.271 e. The van der Waals surface area contributed by atoms with Gasteiger partial charge in [0.25, 0.3) is 0 Å². The molecule has 0 aromatic heterocycles. The van der Waals surface area contributed by atoms with Crippen molar-refractivity contribution in [2.24, 2.45) is 5.92 Å². The molecule has 2 rings (SSSR count). The number of piperidine rings is 1. The average molecular weight is 347 g/mol. The fraction of sp³-hybridized carbons (Fsp3) is 0.538. The zero-order chi connectivity index (χ0) is 14.0.